The van der Waals surface area contributed by atoms with E-state index in [1.165, 1.54) is 0 Å². The molecule has 0 heterocycles. The van der Waals surface area contributed by atoms with Gasteiger partial charge in [0.1, 0.15) is 5.78 Å². The Morgan fingerprint density at radius 2 is 2.00 bits per heavy atom. The zero-order valence-electron chi connectivity index (χ0n) is 7.52. The van der Waals surface area contributed by atoms with Crippen LogP contribution in [0.25, 0.3) is 0 Å². The monoisotopic (exact) mass is 174 g/mol. The summed E-state index contributed by atoms with van der Waals surface area (Å²) >= 11 is 6.03. The Morgan fingerprint density at radius 3 is 2.09 bits per heavy atom. The van der Waals surface area contributed by atoms with Gasteiger partial charge in [0.15, 0.2) is 0 Å². The average molecular weight is 175 g/mol. The van der Waals surface area contributed by atoms with E-state index >= 15 is 0 Å². The molecule has 0 aromatic rings. The molecule has 1 aliphatic carbocycles. The molecule has 0 aliphatic heterocycles. The third-order valence-corrected chi connectivity index (χ3v) is 3.67. The van der Waals surface area contributed by atoms with Crippen molar-refractivity contribution >= 4 is 17.4 Å². The van der Waals surface area contributed by atoms with Gasteiger partial charge in [0.25, 0.3) is 0 Å². The fourth-order valence-corrected chi connectivity index (χ4v) is 2.73. The lowest BCUT2D eigenvalue weighted by atomic mass is 9.96. The zero-order chi connectivity index (χ0) is 8.81. The van der Waals surface area contributed by atoms with Crippen LogP contribution in [0.4, 0.5) is 0 Å². The quantitative estimate of drug-likeness (QED) is 0.588. The van der Waals surface area contributed by atoms with Crippen LogP contribution in [-0.2, 0) is 4.79 Å². The number of carbonyl (C=O) groups excluding carboxylic acids is 1. The van der Waals surface area contributed by atoms with Crippen LogP contribution in [0, 0.1) is 17.3 Å². The van der Waals surface area contributed by atoms with Gasteiger partial charge in [-0.05, 0) is 18.8 Å². The number of halogens is 1. The highest BCUT2D eigenvalue weighted by molar-refractivity contribution is 6.26. The van der Waals surface area contributed by atoms with Crippen LogP contribution in [0.15, 0.2) is 0 Å². The molecule has 64 valence electrons. The highest BCUT2D eigenvalue weighted by Gasteiger charge is 2.64. The van der Waals surface area contributed by atoms with E-state index in [0.29, 0.717) is 11.8 Å². The van der Waals surface area contributed by atoms with Gasteiger partial charge in [-0.15, -0.1) is 11.6 Å². The van der Waals surface area contributed by atoms with Crippen molar-refractivity contribution in [1.82, 2.24) is 0 Å². The topological polar surface area (TPSA) is 17.1 Å². The van der Waals surface area contributed by atoms with E-state index in [2.05, 4.69) is 13.8 Å². The molecule has 0 saturated heterocycles. The predicted octanol–water partition coefficient (Wildman–Crippen LogP) is 2.47. The average Bonchev–Trinajstić information content (AvgIpc) is 2.37. The van der Waals surface area contributed by atoms with Gasteiger partial charge in [0, 0.05) is 5.41 Å². The second-order valence-corrected chi connectivity index (χ2v) is 4.48. The smallest absolute Gasteiger partial charge is 0.137 e. The van der Waals surface area contributed by atoms with E-state index in [-0.39, 0.29) is 16.6 Å². The van der Waals surface area contributed by atoms with Crippen LogP contribution in [0.5, 0.6) is 0 Å². The molecule has 0 amide bonds. The van der Waals surface area contributed by atoms with Crippen molar-refractivity contribution in [3.05, 3.63) is 0 Å². The van der Waals surface area contributed by atoms with Gasteiger partial charge < -0.3 is 0 Å². The summed E-state index contributed by atoms with van der Waals surface area (Å²) in [6.07, 6.45) is 0. The number of ketones is 1. The Balaban J connectivity index is 2.73. The number of carbonyl (C=O) groups is 1. The molecule has 11 heavy (non-hydrogen) atoms. The Morgan fingerprint density at radius 1 is 1.55 bits per heavy atom. The Bertz CT molecular complexity index is 188. The van der Waals surface area contributed by atoms with E-state index in [1.54, 1.807) is 6.92 Å². The van der Waals surface area contributed by atoms with Crippen molar-refractivity contribution < 1.29 is 4.79 Å². The number of rotatable bonds is 2. The lowest BCUT2D eigenvalue weighted by Gasteiger charge is -2.07. The molecule has 0 bridgehead atoms. The van der Waals surface area contributed by atoms with E-state index in [4.69, 9.17) is 11.6 Å². The van der Waals surface area contributed by atoms with Crippen LogP contribution in [0.3, 0.4) is 0 Å². The Labute approximate surface area is 73.1 Å². The highest BCUT2D eigenvalue weighted by Crippen LogP contribution is 2.60. The van der Waals surface area contributed by atoms with Crippen molar-refractivity contribution in [3.63, 3.8) is 0 Å². The minimum absolute atomic E-state index is 0.0694. The molecule has 1 nitrogen and oxygen atoms in total. The standard InChI is InChI=1S/C9H15ClO/c1-5(2)7-8(10)9(7,4)6(3)11/h5,7-8H,1-4H3/t7-,8-,9+/m1/s1. The molecule has 1 aliphatic rings. The minimum Gasteiger partial charge on any atom is -0.299 e. The summed E-state index contributed by atoms with van der Waals surface area (Å²) in [7, 11) is 0. The first-order chi connectivity index (χ1) is 4.92. The molecule has 0 unspecified atom stereocenters. The van der Waals surface area contributed by atoms with Crippen molar-refractivity contribution in [2.45, 2.75) is 33.1 Å². The van der Waals surface area contributed by atoms with Crippen LogP contribution in [0.1, 0.15) is 27.7 Å². The molecular formula is C9H15ClO. The molecule has 1 fully saturated rings. The maximum atomic E-state index is 11.2. The number of hydrogen-bond acceptors (Lipinski definition) is 1. The Hall–Kier alpha value is -0.0400. The second kappa shape index (κ2) is 2.48. The van der Waals surface area contributed by atoms with Gasteiger partial charge in [-0.2, -0.15) is 0 Å². The maximum Gasteiger partial charge on any atom is 0.137 e. The van der Waals surface area contributed by atoms with Crippen molar-refractivity contribution in [2.24, 2.45) is 17.3 Å². The highest BCUT2D eigenvalue weighted by atomic mass is 35.5. The number of alkyl halides is 1. The van der Waals surface area contributed by atoms with E-state index < -0.39 is 0 Å². The summed E-state index contributed by atoms with van der Waals surface area (Å²) < 4.78 is 0. The fourth-order valence-electron chi connectivity index (χ4n) is 1.95. The van der Waals surface area contributed by atoms with Gasteiger partial charge in [0.05, 0.1) is 5.38 Å². The summed E-state index contributed by atoms with van der Waals surface area (Å²) in [5, 5.41) is 0.0694. The van der Waals surface area contributed by atoms with E-state index in [0.717, 1.165) is 0 Å². The first kappa shape index (κ1) is 9.05. The zero-order valence-corrected chi connectivity index (χ0v) is 8.27. The van der Waals surface area contributed by atoms with Crippen molar-refractivity contribution in [3.8, 4) is 0 Å². The first-order valence-corrected chi connectivity index (χ1v) is 4.51. The van der Waals surface area contributed by atoms with Crippen LogP contribution in [0.2, 0.25) is 0 Å². The lowest BCUT2D eigenvalue weighted by molar-refractivity contribution is -0.122. The largest absolute Gasteiger partial charge is 0.299 e. The Kier molecular flexibility index (Phi) is 2.04. The molecule has 0 N–H and O–H groups in total. The van der Waals surface area contributed by atoms with Crippen LogP contribution >= 0.6 is 11.6 Å². The first-order valence-electron chi connectivity index (χ1n) is 4.07. The normalized spacial score (nSPS) is 42.7. The lowest BCUT2D eigenvalue weighted by Crippen LogP contribution is -2.13. The summed E-state index contributed by atoms with van der Waals surface area (Å²) in [4.78, 5) is 11.2. The maximum absolute atomic E-state index is 11.2. The van der Waals surface area contributed by atoms with Crippen molar-refractivity contribution in [1.29, 1.82) is 0 Å². The second-order valence-electron chi connectivity index (χ2n) is 4.01. The van der Waals surface area contributed by atoms with Crippen LogP contribution in [-0.4, -0.2) is 11.2 Å². The molecule has 0 spiro atoms. The SMILES string of the molecule is CC(=O)[C@]1(C)[C@H](Cl)[C@H]1C(C)C. The molecular weight excluding hydrogens is 160 g/mol. The fraction of sp³-hybridized carbons (Fsp3) is 0.889. The van der Waals surface area contributed by atoms with Gasteiger partial charge in [0.2, 0.25) is 0 Å². The molecule has 2 heteroatoms. The minimum atomic E-state index is -0.226. The van der Waals surface area contributed by atoms with Gasteiger partial charge >= 0.3 is 0 Å². The molecule has 3 atom stereocenters. The summed E-state index contributed by atoms with van der Waals surface area (Å²) in [6.45, 7) is 7.85. The van der Waals surface area contributed by atoms with Gasteiger partial charge in [-0.3, -0.25) is 4.79 Å². The number of hydrogen-bond donors (Lipinski definition) is 0. The molecule has 0 aromatic carbocycles. The summed E-state index contributed by atoms with van der Waals surface area (Å²) in [5.74, 6) is 1.14. The molecule has 1 saturated carbocycles. The summed E-state index contributed by atoms with van der Waals surface area (Å²) in [5.41, 5.74) is -0.226. The molecule has 0 aromatic heterocycles. The summed E-state index contributed by atoms with van der Waals surface area (Å²) in [6, 6.07) is 0. The van der Waals surface area contributed by atoms with Crippen molar-refractivity contribution in [2.75, 3.05) is 0 Å². The van der Waals surface area contributed by atoms with Gasteiger partial charge in [-0.25, -0.2) is 0 Å². The third kappa shape index (κ3) is 1.10. The van der Waals surface area contributed by atoms with Crippen LogP contribution < -0.4 is 0 Å². The third-order valence-electron chi connectivity index (χ3n) is 2.95. The number of Topliss-reactive ketones (excluding diaryl/α,β-unsaturated/α-hetero) is 1. The van der Waals surface area contributed by atoms with Gasteiger partial charge in [-0.1, -0.05) is 20.8 Å². The van der Waals surface area contributed by atoms with E-state index in [9.17, 15) is 4.79 Å². The molecule has 0 radical (unpaired) electrons. The molecule has 1 rings (SSSR count). The predicted molar refractivity (Wildman–Crippen MR) is 46.8 cm³/mol. The van der Waals surface area contributed by atoms with E-state index in [1.807, 2.05) is 6.92 Å².